The number of nitrogens with one attached hydrogen (secondary N) is 2. The molecule has 1 amide bonds. The molecule has 0 aliphatic heterocycles. The van der Waals surface area contributed by atoms with Crippen LogP contribution in [0.4, 0.5) is 5.69 Å². The number of methoxy groups -OCH3 is 1. The number of amides is 1. The number of para-hydroxylation sites is 1. The van der Waals surface area contributed by atoms with Crippen molar-refractivity contribution >= 4 is 22.5 Å². The highest BCUT2D eigenvalue weighted by molar-refractivity contribution is 5.92. The molecule has 0 saturated carbocycles. The molecule has 0 unspecified atom stereocenters. The second kappa shape index (κ2) is 7.44. The number of pyridine rings is 1. The van der Waals surface area contributed by atoms with E-state index in [9.17, 15) is 9.59 Å². The first kappa shape index (κ1) is 17.7. The highest BCUT2D eigenvalue weighted by atomic mass is 16.5. The Labute approximate surface area is 152 Å². The van der Waals surface area contributed by atoms with Gasteiger partial charge in [0.1, 0.15) is 5.75 Å². The van der Waals surface area contributed by atoms with Gasteiger partial charge in [0.05, 0.1) is 12.6 Å². The molecule has 1 heterocycles. The Hall–Kier alpha value is -3.08. The van der Waals surface area contributed by atoms with Crippen molar-refractivity contribution < 1.29 is 9.53 Å². The van der Waals surface area contributed by atoms with E-state index in [0.29, 0.717) is 17.7 Å². The van der Waals surface area contributed by atoms with Crippen LogP contribution >= 0.6 is 0 Å². The molecular weight excluding hydrogens is 328 g/mol. The van der Waals surface area contributed by atoms with Crippen molar-refractivity contribution in [2.45, 2.75) is 26.7 Å². The van der Waals surface area contributed by atoms with Crippen LogP contribution < -0.4 is 15.6 Å². The van der Waals surface area contributed by atoms with Crippen molar-refractivity contribution in [1.29, 1.82) is 0 Å². The number of hydrogen-bond acceptors (Lipinski definition) is 3. The molecule has 0 saturated heterocycles. The van der Waals surface area contributed by atoms with E-state index in [2.05, 4.69) is 10.3 Å². The van der Waals surface area contributed by atoms with E-state index in [-0.39, 0.29) is 17.9 Å². The van der Waals surface area contributed by atoms with E-state index < -0.39 is 0 Å². The molecule has 0 radical (unpaired) electrons. The minimum atomic E-state index is -0.175. The summed E-state index contributed by atoms with van der Waals surface area (Å²) in [6, 6.07) is 13.2. The van der Waals surface area contributed by atoms with Gasteiger partial charge in [-0.05, 0) is 55.0 Å². The van der Waals surface area contributed by atoms with Gasteiger partial charge in [-0.25, -0.2) is 0 Å². The lowest BCUT2D eigenvalue weighted by atomic mass is 10.1. The fraction of sp³-hybridized carbons (Fsp3) is 0.238. The zero-order chi connectivity index (χ0) is 18.7. The molecule has 0 bridgehead atoms. The van der Waals surface area contributed by atoms with Crippen LogP contribution in [0.2, 0.25) is 0 Å². The molecule has 5 nitrogen and oxygen atoms in total. The second-order valence-corrected chi connectivity index (χ2v) is 6.39. The van der Waals surface area contributed by atoms with Gasteiger partial charge in [0.2, 0.25) is 5.91 Å². The largest absolute Gasteiger partial charge is 0.497 e. The quantitative estimate of drug-likeness (QED) is 0.737. The van der Waals surface area contributed by atoms with Crippen LogP contribution in [0, 0.1) is 13.8 Å². The topological polar surface area (TPSA) is 71.2 Å². The van der Waals surface area contributed by atoms with Gasteiger partial charge < -0.3 is 15.0 Å². The Morgan fingerprint density at radius 3 is 2.54 bits per heavy atom. The zero-order valence-corrected chi connectivity index (χ0v) is 15.2. The van der Waals surface area contributed by atoms with Gasteiger partial charge in [-0.15, -0.1) is 0 Å². The first-order valence-corrected chi connectivity index (χ1v) is 8.54. The Morgan fingerprint density at radius 2 is 1.85 bits per heavy atom. The lowest BCUT2D eigenvalue weighted by molar-refractivity contribution is -0.116. The number of rotatable bonds is 5. The van der Waals surface area contributed by atoms with E-state index in [1.54, 1.807) is 13.2 Å². The third-order valence-corrected chi connectivity index (χ3v) is 4.50. The van der Waals surface area contributed by atoms with Crippen molar-refractivity contribution in [3.63, 3.8) is 0 Å². The molecular formula is C21H22N2O3. The van der Waals surface area contributed by atoms with Crippen LogP contribution in [0.3, 0.4) is 0 Å². The van der Waals surface area contributed by atoms with Gasteiger partial charge in [-0.3, -0.25) is 9.59 Å². The Bertz CT molecular complexity index is 1000. The monoisotopic (exact) mass is 350 g/mol. The number of ether oxygens (including phenoxy) is 1. The molecule has 0 spiro atoms. The van der Waals surface area contributed by atoms with E-state index in [4.69, 9.17) is 4.74 Å². The summed E-state index contributed by atoms with van der Waals surface area (Å²) in [5.74, 6) is 0.588. The number of aromatic amines is 1. The summed E-state index contributed by atoms with van der Waals surface area (Å²) in [5, 5.41) is 3.87. The summed E-state index contributed by atoms with van der Waals surface area (Å²) in [6.45, 7) is 3.93. The molecule has 134 valence electrons. The Morgan fingerprint density at radius 1 is 1.12 bits per heavy atom. The number of aromatic nitrogens is 1. The fourth-order valence-electron chi connectivity index (χ4n) is 3.00. The van der Waals surface area contributed by atoms with Gasteiger partial charge in [-0.2, -0.15) is 0 Å². The lowest BCUT2D eigenvalue weighted by Gasteiger charge is -2.11. The lowest BCUT2D eigenvalue weighted by Crippen LogP contribution is -2.18. The van der Waals surface area contributed by atoms with Crippen molar-refractivity contribution in [3.8, 4) is 5.75 Å². The number of aryl methyl sites for hydroxylation is 3. The highest BCUT2D eigenvalue weighted by Gasteiger charge is 2.10. The van der Waals surface area contributed by atoms with Crippen molar-refractivity contribution in [2.75, 3.05) is 12.4 Å². The summed E-state index contributed by atoms with van der Waals surface area (Å²) in [6.07, 6.45) is 0.632. The fourth-order valence-corrected chi connectivity index (χ4v) is 3.00. The number of fused-ring (bicyclic) bond motifs is 1. The summed E-state index contributed by atoms with van der Waals surface area (Å²) in [7, 11) is 1.59. The van der Waals surface area contributed by atoms with Gasteiger partial charge in [0.25, 0.3) is 5.56 Å². The number of carbonyl (C=O) groups is 1. The molecule has 26 heavy (non-hydrogen) atoms. The molecule has 0 fully saturated rings. The number of anilines is 1. The molecule has 3 rings (SSSR count). The first-order chi connectivity index (χ1) is 12.5. The summed E-state index contributed by atoms with van der Waals surface area (Å²) >= 11 is 0. The molecule has 3 aromatic rings. The minimum absolute atomic E-state index is 0.100. The van der Waals surface area contributed by atoms with Crippen LogP contribution in [0.5, 0.6) is 5.75 Å². The third kappa shape index (κ3) is 3.77. The predicted molar refractivity (Wildman–Crippen MR) is 104 cm³/mol. The van der Waals surface area contributed by atoms with Crippen LogP contribution in [0.1, 0.15) is 23.1 Å². The van der Waals surface area contributed by atoms with E-state index in [1.165, 1.54) is 0 Å². The molecule has 0 aliphatic carbocycles. The smallest absolute Gasteiger partial charge is 0.251 e. The SMILES string of the molecule is COc1ccc2cc(CCC(=O)Nc3c(C)cccc3C)c(=O)[nH]c2c1. The van der Waals surface area contributed by atoms with Crippen molar-refractivity contribution in [3.05, 3.63) is 69.5 Å². The maximum Gasteiger partial charge on any atom is 0.251 e. The van der Waals surface area contributed by atoms with Gasteiger partial charge in [0.15, 0.2) is 0 Å². The maximum atomic E-state index is 12.3. The summed E-state index contributed by atoms with van der Waals surface area (Å²) in [5.41, 5.74) is 4.03. The van der Waals surface area contributed by atoms with Crippen LogP contribution in [0.15, 0.2) is 47.3 Å². The number of hydrogen-bond donors (Lipinski definition) is 2. The van der Waals surface area contributed by atoms with E-state index >= 15 is 0 Å². The molecule has 5 heteroatoms. The Balaban J connectivity index is 1.74. The Kier molecular flexibility index (Phi) is 5.07. The third-order valence-electron chi connectivity index (χ3n) is 4.50. The van der Waals surface area contributed by atoms with Crippen LogP contribution in [0.25, 0.3) is 10.9 Å². The molecule has 0 atom stereocenters. The molecule has 1 aromatic heterocycles. The number of H-pyrrole nitrogens is 1. The number of benzene rings is 2. The maximum absolute atomic E-state index is 12.3. The second-order valence-electron chi connectivity index (χ2n) is 6.39. The van der Waals surface area contributed by atoms with E-state index in [0.717, 1.165) is 27.7 Å². The van der Waals surface area contributed by atoms with Gasteiger partial charge in [0, 0.05) is 23.7 Å². The predicted octanol–water partition coefficient (Wildman–Crippen LogP) is 3.72. The average Bonchev–Trinajstić information content (AvgIpc) is 2.62. The van der Waals surface area contributed by atoms with Crippen molar-refractivity contribution in [2.24, 2.45) is 0 Å². The summed E-state index contributed by atoms with van der Waals surface area (Å²) in [4.78, 5) is 27.4. The molecule has 0 aliphatic rings. The minimum Gasteiger partial charge on any atom is -0.497 e. The number of carbonyl (C=O) groups excluding carboxylic acids is 1. The van der Waals surface area contributed by atoms with Crippen LogP contribution in [-0.4, -0.2) is 18.0 Å². The van der Waals surface area contributed by atoms with Gasteiger partial charge >= 0.3 is 0 Å². The standard InChI is InChI=1S/C21H22N2O3/c1-13-5-4-6-14(2)20(13)23-19(24)10-8-16-11-15-7-9-17(26-3)12-18(15)22-21(16)25/h4-7,9,11-12H,8,10H2,1-3H3,(H,22,25)(H,23,24). The zero-order valence-electron chi connectivity index (χ0n) is 15.2. The average molecular weight is 350 g/mol. The normalized spacial score (nSPS) is 10.7. The molecule has 2 N–H and O–H groups in total. The molecule has 2 aromatic carbocycles. The van der Waals surface area contributed by atoms with Crippen molar-refractivity contribution in [1.82, 2.24) is 4.98 Å². The van der Waals surface area contributed by atoms with Gasteiger partial charge in [-0.1, -0.05) is 18.2 Å². The highest BCUT2D eigenvalue weighted by Crippen LogP contribution is 2.21. The first-order valence-electron chi connectivity index (χ1n) is 8.54. The van der Waals surface area contributed by atoms with E-state index in [1.807, 2.05) is 50.2 Å². The van der Waals surface area contributed by atoms with Crippen LogP contribution in [-0.2, 0) is 11.2 Å². The summed E-state index contributed by atoms with van der Waals surface area (Å²) < 4.78 is 5.17.